The molecule has 1 aliphatic rings. The summed E-state index contributed by atoms with van der Waals surface area (Å²) in [6.07, 6.45) is 0.918. The van der Waals surface area contributed by atoms with Crippen LogP contribution in [0, 0.1) is 0 Å². The first-order valence-electron chi connectivity index (χ1n) is 8.79. The van der Waals surface area contributed by atoms with Crippen LogP contribution in [0.1, 0.15) is 35.3 Å². The molecule has 1 unspecified atom stereocenters. The van der Waals surface area contributed by atoms with E-state index in [1.54, 1.807) is 18.2 Å². The number of ether oxygens (including phenoxy) is 2. The molecule has 0 bridgehead atoms. The fourth-order valence-electron chi connectivity index (χ4n) is 2.93. The van der Waals surface area contributed by atoms with Crippen LogP contribution >= 0.6 is 0 Å². The molecule has 0 saturated heterocycles. The number of fused-ring (bicyclic) bond motifs is 1. The zero-order valence-electron chi connectivity index (χ0n) is 15.2. The van der Waals surface area contributed by atoms with E-state index in [0.29, 0.717) is 18.0 Å². The summed E-state index contributed by atoms with van der Waals surface area (Å²) in [5.74, 6) is 0.379. The second-order valence-electron chi connectivity index (χ2n) is 6.33. The van der Waals surface area contributed by atoms with Crippen LogP contribution in [0.15, 0.2) is 36.4 Å². The number of nitrogens with one attached hydrogen (secondary N) is 2. The molecule has 2 aromatic rings. The maximum Gasteiger partial charge on any atom is 0.335 e. The predicted molar refractivity (Wildman–Crippen MR) is 101 cm³/mol. The Morgan fingerprint density at radius 2 is 2.00 bits per heavy atom. The lowest BCUT2D eigenvalue weighted by Crippen LogP contribution is -2.28. The van der Waals surface area contributed by atoms with Crippen molar-refractivity contribution in [2.75, 3.05) is 11.9 Å². The number of benzene rings is 2. The molecule has 2 amide bonds. The Hall–Kier alpha value is -3.22. The Bertz CT molecular complexity index is 848. The van der Waals surface area contributed by atoms with Crippen molar-refractivity contribution < 1.29 is 24.2 Å². The number of urea groups is 1. The van der Waals surface area contributed by atoms with E-state index in [1.165, 1.54) is 12.1 Å². The molecule has 1 heterocycles. The van der Waals surface area contributed by atoms with Crippen molar-refractivity contribution in [1.29, 1.82) is 0 Å². The molecule has 0 spiro atoms. The summed E-state index contributed by atoms with van der Waals surface area (Å²) < 4.78 is 11.4. The van der Waals surface area contributed by atoms with Crippen molar-refractivity contribution in [3.63, 3.8) is 0 Å². The van der Waals surface area contributed by atoms with Crippen LogP contribution in [0.4, 0.5) is 10.5 Å². The number of hydrogen-bond donors (Lipinski definition) is 3. The maximum absolute atomic E-state index is 12.3. The van der Waals surface area contributed by atoms with Crippen LogP contribution < -0.4 is 20.1 Å². The third kappa shape index (κ3) is 4.49. The fourth-order valence-corrected chi connectivity index (χ4v) is 2.93. The van der Waals surface area contributed by atoms with Gasteiger partial charge in [-0.15, -0.1) is 0 Å². The number of aromatic carboxylic acids is 1. The van der Waals surface area contributed by atoms with E-state index >= 15 is 0 Å². The second-order valence-corrected chi connectivity index (χ2v) is 6.33. The third-order valence-electron chi connectivity index (χ3n) is 4.20. The highest BCUT2D eigenvalue weighted by atomic mass is 16.5. The Balaban J connectivity index is 1.65. The average molecular weight is 370 g/mol. The first kappa shape index (κ1) is 18.6. The van der Waals surface area contributed by atoms with E-state index < -0.39 is 5.97 Å². The van der Waals surface area contributed by atoms with Gasteiger partial charge in [-0.1, -0.05) is 12.1 Å². The van der Waals surface area contributed by atoms with Gasteiger partial charge in [-0.25, -0.2) is 9.59 Å². The quantitative estimate of drug-likeness (QED) is 0.724. The first-order chi connectivity index (χ1) is 13.0. The molecule has 1 atom stereocenters. The lowest BCUT2D eigenvalue weighted by Gasteiger charge is -2.14. The van der Waals surface area contributed by atoms with Gasteiger partial charge in [0.2, 0.25) is 0 Å². The number of rotatable bonds is 6. The van der Waals surface area contributed by atoms with E-state index in [-0.39, 0.29) is 24.2 Å². The minimum Gasteiger partial charge on any atom is -0.492 e. The number of hydrogen-bond acceptors (Lipinski definition) is 4. The summed E-state index contributed by atoms with van der Waals surface area (Å²) >= 11 is 0. The van der Waals surface area contributed by atoms with Crippen LogP contribution in [0.2, 0.25) is 0 Å². The Morgan fingerprint density at radius 1 is 1.26 bits per heavy atom. The summed E-state index contributed by atoms with van der Waals surface area (Å²) in [5.41, 5.74) is 2.61. The number of anilines is 1. The molecule has 1 aliphatic heterocycles. The van der Waals surface area contributed by atoms with Gasteiger partial charge < -0.3 is 25.2 Å². The van der Waals surface area contributed by atoms with Crippen LogP contribution in [-0.2, 0) is 13.0 Å². The highest BCUT2D eigenvalue weighted by Crippen LogP contribution is 2.38. The molecular formula is C20H22N2O5. The summed E-state index contributed by atoms with van der Waals surface area (Å²) in [5, 5.41) is 14.4. The Morgan fingerprint density at radius 3 is 2.67 bits per heavy atom. The SMILES string of the molecule is CCOc1cc2c(cc1NC(=O)NCc1ccc(C(=O)O)cc1)OC(C)C2. The molecule has 0 radical (unpaired) electrons. The maximum atomic E-state index is 12.3. The number of amides is 2. The monoisotopic (exact) mass is 370 g/mol. The molecule has 0 fully saturated rings. The van der Waals surface area contributed by atoms with E-state index in [4.69, 9.17) is 14.6 Å². The largest absolute Gasteiger partial charge is 0.492 e. The number of carbonyl (C=O) groups excluding carboxylic acids is 1. The van der Waals surface area contributed by atoms with Gasteiger partial charge in [-0.2, -0.15) is 0 Å². The van der Waals surface area contributed by atoms with Crippen molar-refractivity contribution in [1.82, 2.24) is 5.32 Å². The van der Waals surface area contributed by atoms with Crippen molar-refractivity contribution >= 4 is 17.7 Å². The van der Waals surface area contributed by atoms with Gasteiger partial charge in [0.05, 0.1) is 17.9 Å². The Kier molecular flexibility index (Phi) is 5.49. The minimum atomic E-state index is -0.983. The van der Waals surface area contributed by atoms with Gasteiger partial charge in [0.25, 0.3) is 0 Å². The number of carbonyl (C=O) groups is 2. The molecule has 0 saturated carbocycles. The van der Waals surface area contributed by atoms with E-state index in [2.05, 4.69) is 10.6 Å². The van der Waals surface area contributed by atoms with Crippen LogP contribution in [0.25, 0.3) is 0 Å². The van der Waals surface area contributed by atoms with Crippen molar-refractivity contribution in [2.24, 2.45) is 0 Å². The summed E-state index contributed by atoms with van der Waals surface area (Å²) in [4.78, 5) is 23.1. The van der Waals surface area contributed by atoms with Crippen LogP contribution in [0.3, 0.4) is 0 Å². The van der Waals surface area contributed by atoms with Crippen LogP contribution in [-0.4, -0.2) is 29.8 Å². The normalized spacial score (nSPS) is 14.8. The first-order valence-corrected chi connectivity index (χ1v) is 8.79. The molecule has 27 heavy (non-hydrogen) atoms. The third-order valence-corrected chi connectivity index (χ3v) is 4.20. The number of carboxylic acids is 1. The van der Waals surface area contributed by atoms with E-state index in [0.717, 1.165) is 23.3 Å². The standard InChI is InChI=1S/C20H22N2O5/c1-3-26-18-9-15-8-12(2)27-17(15)10-16(18)22-20(25)21-11-13-4-6-14(7-5-13)19(23)24/h4-7,9-10,12H,3,8,11H2,1-2H3,(H,23,24)(H2,21,22,25). The van der Waals surface area contributed by atoms with E-state index in [9.17, 15) is 9.59 Å². The molecule has 2 aromatic carbocycles. The van der Waals surface area contributed by atoms with Crippen molar-refractivity contribution in [2.45, 2.75) is 32.9 Å². The molecule has 3 N–H and O–H groups in total. The molecule has 0 aliphatic carbocycles. The Labute approximate surface area is 157 Å². The van der Waals surface area contributed by atoms with Gasteiger partial charge in [0.15, 0.2) is 0 Å². The lowest BCUT2D eigenvalue weighted by molar-refractivity contribution is 0.0697. The van der Waals surface area contributed by atoms with E-state index in [1.807, 2.05) is 19.9 Å². The topological polar surface area (TPSA) is 96.9 Å². The average Bonchev–Trinajstić information content (AvgIpc) is 2.99. The predicted octanol–water partition coefficient (Wildman–Crippen LogP) is 3.43. The number of carboxylic acid groups (broad SMARTS) is 1. The summed E-state index contributed by atoms with van der Waals surface area (Å²) in [6.45, 7) is 4.64. The van der Waals surface area contributed by atoms with Gasteiger partial charge in [-0.05, 0) is 37.6 Å². The van der Waals surface area contributed by atoms with Crippen molar-refractivity contribution in [3.8, 4) is 11.5 Å². The van der Waals surface area contributed by atoms with Gasteiger partial charge in [-0.3, -0.25) is 0 Å². The molecule has 7 heteroatoms. The summed E-state index contributed by atoms with van der Waals surface area (Å²) in [7, 11) is 0. The highest BCUT2D eigenvalue weighted by molar-refractivity contribution is 5.91. The molecule has 7 nitrogen and oxygen atoms in total. The zero-order chi connectivity index (χ0) is 19.4. The smallest absolute Gasteiger partial charge is 0.335 e. The summed E-state index contributed by atoms with van der Waals surface area (Å²) in [6, 6.07) is 9.64. The fraction of sp³-hybridized carbons (Fsp3) is 0.300. The van der Waals surface area contributed by atoms with Gasteiger partial charge in [0, 0.05) is 24.6 Å². The molecule has 0 aromatic heterocycles. The van der Waals surface area contributed by atoms with Crippen LogP contribution in [0.5, 0.6) is 11.5 Å². The zero-order valence-corrected chi connectivity index (χ0v) is 15.2. The van der Waals surface area contributed by atoms with Crippen molar-refractivity contribution in [3.05, 3.63) is 53.1 Å². The molecule has 142 valence electrons. The second kappa shape index (κ2) is 7.99. The molecular weight excluding hydrogens is 348 g/mol. The van der Waals surface area contributed by atoms with Gasteiger partial charge in [0.1, 0.15) is 17.6 Å². The molecule has 3 rings (SSSR count). The minimum absolute atomic E-state index is 0.104. The van der Waals surface area contributed by atoms with Gasteiger partial charge >= 0.3 is 12.0 Å². The highest BCUT2D eigenvalue weighted by Gasteiger charge is 2.22. The lowest BCUT2D eigenvalue weighted by atomic mass is 10.1.